The average molecular weight is 328 g/mol. The molecule has 0 bridgehead atoms. The van der Waals surface area contributed by atoms with Crippen LogP contribution in [-0.2, 0) is 4.74 Å². The second kappa shape index (κ2) is 7.05. The number of hydrogen-bond donors (Lipinski definition) is 2. The van der Waals surface area contributed by atoms with Gasteiger partial charge in [-0.3, -0.25) is 10.5 Å². The minimum absolute atomic E-state index is 0.162. The summed E-state index contributed by atoms with van der Waals surface area (Å²) in [5.41, 5.74) is 0.357. The van der Waals surface area contributed by atoms with Crippen molar-refractivity contribution in [3.05, 3.63) is 30.3 Å². The van der Waals surface area contributed by atoms with E-state index in [1.807, 2.05) is 0 Å². The Morgan fingerprint density at radius 1 is 1.42 bits per heavy atom. The lowest BCUT2D eigenvalue weighted by atomic mass is 10.3. The zero-order valence-electron chi connectivity index (χ0n) is 10.0. The van der Waals surface area contributed by atoms with Crippen LogP contribution in [-0.4, -0.2) is 27.9 Å². The Balaban J connectivity index is 2.89. The van der Waals surface area contributed by atoms with Crippen molar-refractivity contribution in [3.8, 4) is 0 Å². The van der Waals surface area contributed by atoms with Crippen molar-refractivity contribution in [2.45, 2.75) is 16.9 Å². The highest BCUT2D eigenvalue weighted by Crippen LogP contribution is 2.33. The topological polar surface area (TPSA) is 61.8 Å². The van der Waals surface area contributed by atoms with Gasteiger partial charge in [-0.1, -0.05) is 53.0 Å². The predicted molar refractivity (Wildman–Crippen MR) is 74.9 cm³/mol. The summed E-state index contributed by atoms with van der Waals surface area (Å²) in [6, 6.07) is 8.34. The minimum Gasteiger partial charge on any atom is -0.450 e. The Labute approximate surface area is 125 Å². The average Bonchev–Trinajstić information content (AvgIpc) is 2.35. The molecule has 0 saturated heterocycles. The molecule has 1 amide bonds. The van der Waals surface area contributed by atoms with E-state index in [0.29, 0.717) is 10.8 Å². The van der Waals surface area contributed by atoms with Crippen molar-refractivity contribution in [2.75, 3.05) is 11.7 Å². The third kappa shape index (κ3) is 4.95. The number of nitrogens with one attached hydrogen (secondary N) is 1. The van der Waals surface area contributed by atoms with E-state index in [2.05, 4.69) is 10.1 Å². The predicted octanol–water partition coefficient (Wildman–Crippen LogP) is 3.32. The van der Waals surface area contributed by atoms with E-state index in [1.54, 1.807) is 37.3 Å². The number of alkyl carbamates (subject to hydrolysis) is 1. The first kappa shape index (κ1) is 16.2. The van der Waals surface area contributed by atoms with E-state index in [0.717, 1.165) is 0 Å². The monoisotopic (exact) mass is 326 g/mol. The Morgan fingerprint density at radius 3 is 2.47 bits per heavy atom. The molecule has 1 aromatic carbocycles. The van der Waals surface area contributed by atoms with E-state index in [9.17, 15) is 10.0 Å². The Hall–Kier alpha value is -0.880. The standard InChI is InChI=1S/C11H13Cl3N2O3/c1-2-19-10(17)15-9(11(12,13)14)16(18)8-6-4-3-5-7-8/h3-7,9,18H,2H2,1H3,(H,15,17)/t9-/m1/s1. The number of halogens is 3. The Kier molecular flexibility index (Phi) is 6.00. The number of carbonyl (C=O) groups is 1. The first-order valence-electron chi connectivity index (χ1n) is 5.39. The minimum atomic E-state index is -1.95. The molecule has 5 nitrogen and oxygen atoms in total. The molecule has 106 valence electrons. The normalized spacial score (nSPS) is 12.7. The largest absolute Gasteiger partial charge is 0.450 e. The van der Waals surface area contributed by atoms with Gasteiger partial charge in [0, 0.05) is 0 Å². The smallest absolute Gasteiger partial charge is 0.408 e. The quantitative estimate of drug-likeness (QED) is 0.506. The van der Waals surface area contributed by atoms with Gasteiger partial charge in [-0.25, -0.2) is 9.86 Å². The van der Waals surface area contributed by atoms with Gasteiger partial charge in [-0.05, 0) is 19.1 Å². The molecule has 0 aliphatic heterocycles. The third-order valence-electron chi connectivity index (χ3n) is 2.11. The summed E-state index contributed by atoms with van der Waals surface area (Å²) in [7, 11) is 0. The van der Waals surface area contributed by atoms with Crippen LogP contribution in [0.25, 0.3) is 0 Å². The first-order valence-corrected chi connectivity index (χ1v) is 6.52. The van der Waals surface area contributed by atoms with Crippen LogP contribution in [0.1, 0.15) is 6.92 Å². The molecule has 0 saturated carbocycles. The first-order chi connectivity index (χ1) is 8.86. The van der Waals surface area contributed by atoms with Crippen molar-refractivity contribution in [1.82, 2.24) is 5.32 Å². The number of hydroxylamine groups is 1. The van der Waals surface area contributed by atoms with Crippen LogP contribution in [0, 0.1) is 0 Å². The van der Waals surface area contributed by atoms with E-state index < -0.39 is 16.1 Å². The number of alkyl halides is 3. The highest BCUT2D eigenvalue weighted by atomic mass is 35.6. The lowest BCUT2D eigenvalue weighted by Crippen LogP contribution is -2.54. The molecule has 19 heavy (non-hydrogen) atoms. The zero-order valence-corrected chi connectivity index (χ0v) is 12.3. The van der Waals surface area contributed by atoms with E-state index in [1.165, 1.54) is 0 Å². The lowest BCUT2D eigenvalue weighted by Gasteiger charge is -2.32. The van der Waals surface area contributed by atoms with Gasteiger partial charge in [0.1, 0.15) is 0 Å². The van der Waals surface area contributed by atoms with Crippen LogP contribution in [0.15, 0.2) is 30.3 Å². The van der Waals surface area contributed by atoms with Crippen molar-refractivity contribution >= 4 is 46.6 Å². The highest BCUT2D eigenvalue weighted by Gasteiger charge is 2.39. The van der Waals surface area contributed by atoms with Crippen LogP contribution in [0.3, 0.4) is 0 Å². The van der Waals surface area contributed by atoms with Crippen molar-refractivity contribution in [3.63, 3.8) is 0 Å². The Bertz CT molecular complexity index is 411. The molecule has 0 aromatic heterocycles. The van der Waals surface area contributed by atoms with Crippen LogP contribution in [0.5, 0.6) is 0 Å². The van der Waals surface area contributed by atoms with Crippen LogP contribution in [0.2, 0.25) is 0 Å². The van der Waals surface area contributed by atoms with Gasteiger partial charge in [0.2, 0.25) is 3.79 Å². The summed E-state index contributed by atoms with van der Waals surface area (Å²) in [6.07, 6.45) is -2.09. The summed E-state index contributed by atoms with van der Waals surface area (Å²) >= 11 is 17.2. The molecule has 0 heterocycles. The fourth-order valence-corrected chi connectivity index (χ4v) is 1.74. The van der Waals surface area contributed by atoms with Gasteiger partial charge in [-0.15, -0.1) is 0 Å². The van der Waals surface area contributed by atoms with Crippen LogP contribution < -0.4 is 10.4 Å². The molecular formula is C11H13Cl3N2O3. The van der Waals surface area contributed by atoms with Gasteiger partial charge in [0.05, 0.1) is 12.3 Å². The van der Waals surface area contributed by atoms with E-state index in [4.69, 9.17) is 34.8 Å². The van der Waals surface area contributed by atoms with Crippen molar-refractivity contribution < 1.29 is 14.7 Å². The molecule has 1 aromatic rings. The molecule has 0 radical (unpaired) electrons. The number of nitrogens with zero attached hydrogens (tertiary/aromatic N) is 1. The van der Waals surface area contributed by atoms with E-state index in [-0.39, 0.29) is 6.61 Å². The molecule has 8 heteroatoms. The van der Waals surface area contributed by atoms with Crippen LogP contribution in [0.4, 0.5) is 10.5 Å². The van der Waals surface area contributed by atoms with E-state index >= 15 is 0 Å². The lowest BCUT2D eigenvalue weighted by molar-refractivity contribution is 0.134. The van der Waals surface area contributed by atoms with Crippen LogP contribution >= 0.6 is 34.8 Å². The number of benzene rings is 1. The fourth-order valence-electron chi connectivity index (χ4n) is 1.30. The highest BCUT2D eigenvalue weighted by molar-refractivity contribution is 6.68. The maximum absolute atomic E-state index is 11.4. The zero-order chi connectivity index (χ0) is 14.5. The molecule has 0 spiro atoms. The number of ether oxygens (including phenoxy) is 1. The molecule has 1 atom stereocenters. The Morgan fingerprint density at radius 2 is 2.00 bits per heavy atom. The fraction of sp³-hybridized carbons (Fsp3) is 0.364. The number of hydrogen-bond acceptors (Lipinski definition) is 4. The second-order valence-corrected chi connectivity index (χ2v) is 5.86. The van der Waals surface area contributed by atoms with Crippen molar-refractivity contribution in [2.24, 2.45) is 0 Å². The van der Waals surface area contributed by atoms with Gasteiger partial charge < -0.3 is 4.74 Å². The molecular weight excluding hydrogens is 314 g/mol. The second-order valence-electron chi connectivity index (χ2n) is 3.49. The molecule has 0 fully saturated rings. The summed E-state index contributed by atoms with van der Waals surface area (Å²) in [5.74, 6) is 0. The number of carbonyl (C=O) groups excluding carboxylic acids is 1. The van der Waals surface area contributed by atoms with Crippen molar-refractivity contribution in [1.29, 1.82) is 0 Å². The summed E-state index contributed by atoms with van der Waals surface area (Å²) in [5, 5.41) is 13.0. The number of para-hydroxylation sites is 1. The molecule has 0 aliphatic rings. The number of rotatable bonds is 4. The maximum Gasteiger partial charge on any atom is 0.408 e. The van der Waals surface area contributed by atoms with Gasteiger partial charge in [0.15, 0.2) is 6.17 Å². The third-order valence-corrected chi connectivity index (χ3v) is 2.73. The number of anilines is 1. The summed E-state index contributed by atoms with van der Waals surface area (Å²) in [6.45, 7) is 1.80. The maximum atomic E-state index is 11.4. The molecule has 2 N–H and O–H groups in total. The summed E-state index contributed by atoms with van der Waals surface area (Å²) < 4.78 is 2.74. The number of amides is 1. The van der Waals surface area contributed by atoms with Gasteiger partial charge in [0.25, 0.3) is 0 Å². The SMILES string of the molecule is CCOC(=O)N[C@H](N(O)c1ccccc1)C(Cl)(Cl)Cl. The molecule has 0 unspecified atom stereocenters. The summed E-state index contributed by atoms with van der Waals surface area (Å²) in [4.78, 5) is 11.4. The molecule has 0 aliphatic carbocycles. The van der Waals surface area contributed by atoms with Gasteiger partial charge in [-0.2, -0.15) is 0 Å². The molecule has 1 rings (SSSR count). The van der Waals surface area contributed by atoms with Gasteiger partial charge >= 0.3 is 6.09 Å².